The minimum absolute atomic E-state index is 0.429. The highest BCUT2D eigenvalue weighted by atomic mass is 32.1. The molecule has 0 saturated carbocycles. The Bertz CT molecular complexity index is 784. The molecule has 1 aliphatic heterocycles. The van der Waals surface area contributed by atoms with Crippen molar-refractivity contribution in [2.75, 3.05) is 32.7 Å². The maximum absolute atomic E-state index is 12.6. The van der Waals surface area contributed by atoms with E-state index < -0.39 is 11.9 Å². The van der Waals surface area contributed by atoms with E-state index in [0.717, 1.165) is 49.3 Å². The van der Waals surface area contributed by atoms with Gasteiger partial charge in [0.25, 0.3) is 0 Å². The number of guanidine groups is 1. The normalized spacial score (nSPS) is 15.5. The third kappa shape index (κ3) is 5.92. The van der Waals surface area contributed by atoms with Gasteiger partial charge in [0.1, 0.15) is 0 Å². The van der Waals surface area contributed by atoms with E-state index in [1.54, 1.807) is 0 Å². The molecule has 0 atom stereocenters. The van der Waals surface area contributed by atoms with E-state index in [9.17, 15) is 13.2 Å². The number of alkyl halides is 3. The third-order valence-electron chi connectivity index (χ3n) is 4.39. The van der Waals surface area contributed by atoms with Gasteiger partial charge in [-0.25, -0.2) is 4.98 Å². The number of fused-ring (bicyclic) bond motifs is 1. The molecule has 5 nitrogen and oxygen atoms in total. The van der Waals surface area contributed by atoms with Crippen molar-refractivity contribution in [3.8, 4) is 0 Å². The Labute approximate surface area is 170 Å². The lowest BCUT2D eigenvalue weighted by Crippen LogP contribution is -2.39. The maximum atomic E-state index is 12.6. The van der Waals surface area contributed by atoms with Gasteiger partial charge in [-0.15, -0.1) is 22.7 Å². The predicted molar refractivity (Wildman–Crippen MR) is 108 cm³/mol. The van der Waals surface area contributed by atoms with Gasteiger partial charge in [0.2, 0.25) is 0 Å². The number of nitrogens with zero attached hydrogens (tertiary/aromatic N) is 3. The number of halogens is 3. The summed E-state index contributed by atoms with van der Waals surface area (Å²) in [5.41, 5.74) is 0.607. The minimum atomic E-state index is -4.38. The molecule has 10 heteroatoms. The average Bonchev–Trinajstić information content (AvgIpc) is 3.30. The SMILES string of the molecule is CCNC(=NCCN1CCc2sccc2C1)NCCc1nc(C(F)(F)F)cs1. The highest BCUT2D eigenvalue weighted by molar-refractivity contribution is 7.10. The molecule has 2 aromatic rings. The first-order chi connectivity index (χ1) is 13.5. The molecule has 154 valence electrons. The van der Waals surface area contributed by atoms with Gasteiger partial charge in [-0.3, -0.25) is 9.89 Å². The molecule has 28 heavy (non-hydrogen) atoms. The number of rotatable bonds is 7. The van der Waals surface area contributed by atoms with Crippen LogP contribution in [-0.4, -0.2) is 48.6 Å². The third-order valence-corrected chi connectivity index (χ3v) is 6.32. The summed E-state index contributed by atoms with van der Waals surface area (Å²) in [5, 5.41) is 10.0. The zero-order valence-electron chi connectivity index (χ0n) is 15.7. The van der Waals surface area contributed by atoms with Crippen molar-refractivity contribution in [3.05, 3.63) is 38.0 Å². The number of thiazole rings is 1. The molecule has 0 amide bonds. The highest BCUT2D eigenvalue weighted by Crippen LogP contribution is 2.30. The van der Waals surface area contributed by atoms with Crippen molar-refractivity contribution in [1.82, 2.24) is 20.5 Å². The first-order valence-corrected chi connectivity index (χ1v) is 11.0. The Morgan fingerprint density at radius 2 is 2.18 bits per heavy atom. The number of aliphatic imine (C=N–C) groups is 1. The van der Waals surface area contributed by atoms with Gasteiger partial charge in [-0.1, -0.05) is 0 Å². The van der Waals surface area contributed by atoms with E-state index in [-0.39, 0.29) is 0 Å². The molecule has 3 rings (SSSR count). The number of hydrogen-bond acceptors (Lipinski definition) is 5. The van der Waals surface area contributed by atoms with Crippen LogP contribution in [0.2, 0.25) is 0 Å². The molecule has 0 spiro atoms. The topological polar surface area (TPSA) is 52.6 Å². The Kier molecular flexibility index (Phi) is 7.30. The molecule has 0 fully saturated rings. The first-order valence-electron chi connectivity index (χ1n) is 9.27. The van der Waals surface area contributed by atoms with Gasteiger partial charge >= 0.3 is 6.18 Å². The van der Waals surface area contributed by atoms with Gasteiger partial charge < -0.3 is 10.6 Å². The lowest BCUT2D eigenvalue weighted by molar-refractivity contribution is -0.140. The summed E-state index contributed by atoms with van der Waals surface area (Å²) in [5.74, 6) is 0.684. The zero-order chi connectivity index (χ0) is 20.0. The average molecular weight is 432 g/mol. The van der Waals surface area contributed by atoms with Gasteiger partial charge in [0.05, 0.1) is 11.6 Å². The van der Waals surface area contributed by atoms with E-state index >= 15 is 0 Å². The summed E-state index contributed by atoms with van der Waals surface area (Å²) < 4.78 is 37.8. The molecule has 2 N–H and O–H groups in total. The molecule has 1 aliphatic rings. The Morgan fingerprint density at radius 1 is 1.32 bits per heavy atom. The number of hydrogen-bond donors (Lipinski definition) is 2. The van der Waals surface area contributed by atoms with E-state index in [1.165, 1.54) is 10.4 Å². The molecule has 2 aromatic heterocycles. The molecule has 0 aliphatic carbocycles. The Hall–Kier alpha value is -1.65. The number of thiophene rings is 1. The fraction of sp³-hybridized carbons (Fsp3) is 0.556. The van der Waals surface area contributed by atoms with Gasteiger partial charge in [0, 0.05) is 49.4 Å². The van der Waals surface area contributed by atoms with Crippen LogP contribution in [0.3, 0.4) is 0 Å². The second-order valence-corrected chi connectivity index (χ2v) is 8.40. The van der Waals surface area contributed by atoms with E-state index in [4.69, 9.17) is 0 Å². The van der Waals surface area contributed by atoms with Gasteiger partial charge in [0.15, 0.2) is 11.7 Å². The molecule has 0 aromatic carbocycles. The van der Waals surface area contributed by atoms with Crippen LogP contribution in [0.5, 0.6) is 0 Å². The van der Waals surface area contributed by atoms with Crippen molar-refractivity contribution in [1.29, 1.82) is 0 Å². The lowest BCUT2D eigenvalue weighted by atomic mass is 10.1. The van der Waals surface area contributed by atoms with Crippen LogP contribution in [0.1, 0.15) is 28.1 Å². The van der Waals surface area contributed by atoms with Crippen molar-refractivity contribution in [2.45, 2.75) is 32.5 Å². The summed E-state index contributed by atoms with van der Waals surface area (Å²) in [6.07, 6.45) is -2.85. The number of nitrogens with one attached hydrogen (secondary N) is 2. The van der Waals surface area contributed by atoms with Crippen molar-refractivity contribution in [2.24, 2.45) is 4.99 Å². The highest BCUT2D eigenvalue weighted by Gasteiger charge is 2.33. The molecule has 0 saturated heterocycles. The summed E-state index contributed by atoms with van der Waals surface area (Å²) >= 11 is 2.87. The first kappa shape index (κ1) is 21.1. The standard InChI is InChI=1S/C18H24F3N5S2/c1-2-22-17(23-6-3-16-25-15(12-28-16)18(19,20)21)24-7-9-26-8-4-14-13(11-26)5-10-27-14/h5,10,12H,2-4,6-9,11H2,1H3,(H2,22,23,24). The van der Waals surface area contributed by atoms with Gasteiger partial charge in [-0.2, -0.15) is 13.2 Å². The van der Waals surface area contributed by atoms with Crippen LogP contribution in [0.4, 0.5) is 13.2 Å². The second-order valence-electron chi connectivity index (χ2n) is 6.46. The predicted octanol–water partition coefficient (Wildman–Crippen LogP) is 3.38. The molecule has 0 bridgehead atoms. The van der Waals surface area contributed by atoms with Crippen LogP contribution >= 0.6 is 22.7 Å². The molecule has 3 heterocycles. The molecule has 0 radical (unpaired) electrons. The van der Waals surface area contributed by atoms with Crippen LogP contribution in [-0.2, 0) is 25.6 Å². The van der Waals surface area contributed by atoms with Crippen molar-refractivity contribution in [3.63, 3.8) is 0 Å². The van der Waals surface area contributed by atoms with Crippen molar-refractivity contribution < 1.29 is 13.2 Å². The Balaban J connectivity index is 1.43. The molecular formula is C18H24F3N5S2. The summed E-state index contributed by atoms with van der Waals surface area (Å²) in [6.45, 7) is 6.78. The van der Waals surface area contributed by atoms with Crippen LogP contribution in [0.25, 0.3) is 0 Å². The van der Waals surface area contributed by atoms with E-state index in [0.29, 0.717) is 30.5 Å². The van der Waals surface area contributed by atoms with Crippen molar-refractivity contribution >= 4 is 28.6 Å². The minimum Gasteiger partial charge on any atom is -0.357 e. The Morgan fingerprint density at radius 3 is 2.93 bits per heavy atom. The fourth-order valence-electron chi connectivity index (χ4n) is 2.99. The van der Waals surface area contributed by atoms with E-state index in [2.05, 4.69) is 37.0 Å². The van der Waals surface area contributed by atoms with Gasteiger partial charge in [-0.05, 0) is 30.4 Å². The van der Waals surface area contributed by atoms with Crippen LogP contribution in [0, 0.1) is 0 Å². The van der Waals surface area contributed by atoms with Crippen LogP contribution in [0.15, 0.2) is 21.8 Å². The van der Waals surface area contributed by atoms with E-state index in [1.807, 2.05) is 18.3 Å². The lowest BCUT2D eigenvalue weighted by Gasteiger charge is -2.26. The fourth-order valence-corrected chi connectivity index (χ4v) is 4.68. The number of aromatic nitrogens is 1. The molecular weight excluding hydrogens is 407 g/mol. The second kappa shape index (κ2) is 9.71. The quantitative estimate of drug-likeness (QED) is 0.521. The summed E-state index contributed by atoms with van der Waals surface area (Å²) in [7, 11) is 0. The van der Waals surface area contributed by atoms with Crippen LogP contribution < -0.4 is 10.6 Å². The summed E-state index contributed by atoms with van der Waals surface area (Å²) in [6, 6.07) is 2.20. The molecule has 0 unspecified atom stereocenters. The zero-order valence-corrected chi connectivity index (χ0v) is 17.3. The summed E-state index contributed by atoms with van der Waals surface area (Å²) in [4.78, 5) is 12.1. The monoisotopic (exact) mass is 431 g/mol. The largest absolute Gasteiger partial charge is 0.434 e. The smallest absolute Gasteiger partial charge is 0.357 e. The maximum Gasteiger partial charge on any atom is 0.434 e.